The highest BCUT2D eigenvalue weighted by Crippen LogP contribution is 2.29. The molecule has 1 aromatic heterocycles. The number of imidazole rings is 1. The number of benzene rings is 2. The summed E-state index contributed by atoms with van der Waals surface area (Å²) in [5.41, 5.74) is 2.26. The van der Waals surface area contributed by atoms with Gasteiger partial charge in [0.15, 0.2) is 10.9 Å². The van der Waals surface area contributed by atoms with Crippen LogP contribution in [-0.2, 0) is 11.3 Å². The van der Waals surface area contributed by atoms with Crippen LogP contribution in [0.1, 0.15) is 10.4 Å². The monoisotopic (exact) mass is 420 g/mol. The maximum Gasteiger partial charge on any atom is 0.176 e. The van der Waals surface area contributed by atoms with E-state index in [-0.39, 0.29) is 11.5 Å². The smallest absolute Gasteiger partial charge is 0.176 e. The van der Waals surface area contributed by atoms with E-state index >= 15 is 0 Å². The zero-order valence-electron chi connectivity index (χ0n) is 15.9. The number of ether oxygens (including phenoxy) is 3. The first kappa shape index (κ1) is 20.5. The van der Waals surface area contributed by atoms with Gasteiger partial charge in [-0.2, -0.15) is 0 Å². The number of ketones is 1. The second-order valence-electron chi connectivity index (χ2n) is 5.95. The minimum atomic E-state index is -0.0483. The Morgan fingerprint density at radius 1 is 1.14 bits per heavy atom. The summed E-state index contributed by atoms with van der Waals surface area (Å²) in [6, 6.07) is 10.7. The standard InChI is InChI=1S/C20H21ClN2O4S/c1-25-9-8-23-17-7-4-13(21)10-16(17)22-20(23)28-12-18(24)15-6-5-14(26-2)11-19(15)27-3/h4-7,10-11H,8-9,12H2,1-3H3. The van der Waals surface area contributed by atoms with Crippen LogP contribution < -0.4 is 9.47 Å². The van der Waals surface area contributed by atoms with Crippen molar-refractivity contribution < 1.29 is 19.0 Å². The number of nitrogens with zero attached hydrogens (tertiary/aromatic N) is 2. The van der Waals surface area contributed by atoms with Crippen molar-refractivity contribution in [1.82, 2.24) is 9.55 Å². The van der Waals surface area contributed by atoms with Crippen LogP contribution in [0, 0.1) is 0 Å². The highest BCUT2D eigenvalue weighted by Gasteiger charge is 2.17. The Morgan fingerprint density at radius 3 is 2.68 bits per heavy atom. The zero-order valence-corrected chi connectivity index (χ0v) is 17.5. The minimum Gasteiger partial charge on any atom is -0.497 e. The molecule has 0 aliphatic rings. The van der Waals surface area contributed by atoms with Gasteiger partial charge < -0.3 is 18.8 Å². The van der Waals surface area contributed by atoms with Crippen molar-refractivity contribution in [2.45, 2.75) is 11.7 Å². The number of fused-ring (bicyclic) bond motifs is 1. The Balaban J connectivity index is 1.83. The summed E-state index contributed by atoms with van der Waals surface area (Å²) in [5, 5.41) is 1.37. The van der Waals surface area contributed by atoms with E-state index in [4.69, 9.17) is 25.8 Å². The number of aromatic nitrogens is 2. The van der Waals surface area contributed by atoms with Crippen LogP contribution in [0.3, 0.4) is 0 Å². The molecule has 0 bridgehead atoms. The maximum atomic E-state index is 12.8. The van der Waals surface area contributed by atoms with Crippen molar-refractivity contribution in [3.8, 4) is 11.5 Å². The molecule has 2 aromatic carbocycles. The molecule has 0 saturated heterocycles. The molecule has 148 valence electrons. The van der Waals surface area contributed by atoms with Crippen molar-refractivity contribution in [3.63, 3.8) is 0 Å². The molecule has 8 heteroatoms. The first-order valence-electron chi connectivity index (χ1n) is 8.60. The van der Waals surface area contributed by atoms with Crippen LogP contribution in [0.25, 0.3) is 11.0 Å². The fourth-order valence-corrected chi connectivity index (χ4v) is 3.92. The lowest BCUT2D eigenvalue weighted by Gasteiger charge is -2.10. The minimum absolute atomic E-state index is 0.0483. The second kappa shape index (κ2) is 9.32. The molecule has 0 amide bonds. The van der Waals surface area contributed by atoms with E-state index in [2.05, 4.69) is 4.98 Å². The molecule has 0 aliphatic carbocycles. The number of carbonyl (C=O) groups is 1. The third kappa shape index (κ3) is 4.43. The Morgan fingerprint density at radius 2 is 1.96 bits per heavy atom. The summed E-state index contributed by atoms with van der Waals surface area (Å²) < 4.78 is 17.8. The molecule has 0 atom stereocenters. The fraction of sp³-hybridized carbons (Fsp3) is 0.300. The number of hydrogen-bond donors (Lipinski definition) is 0. The van der Waals surface area contributed by atoms with Crippen molar-refractivity contribution in [3.05, 3.63) is 47.0 Å². The lowest BCUT2D eigenvalue weighted by Crippen LogP contribution is -2.08. The van der Waals surface area contributed by atoms with Gasteiger partial charge in [0.2, 0.25) is 0 Å². The van der Waals surface area contributed by atoms with Gasteiger partial charge in [-0.25, -0.2) is 4.98 Å². The van der Waals surface area contributed by atoms with E-state index in [0.717, 1.165) is 16.2 Å². The van der Waals surface area contributed by atoms with E-state index in [1.807, 2.05) is 22.8 Å². The molecule has 3 rings (SSSR count). The normalized spacial score (nSPS) is 11.0. The van der Waals surface area contributed by atoms with Crippen LogP contribution in [0.2, 0.25) is 5.02 Å². The van der Waals surface area contributed by atoms with E-state index in [1.165, 1.54) is 18.9 Å². The van der Waals surface area contributed by atoms with Crippen LogP contribution in [0.15, 0.2) is 41.6 Å². The van der Waals surface area contributed by atoms with E-state index in [0.29, 0.717) is 35.2 Å². The average Bonchev–Trinajstić information content (AvgIpc) is 3.06. The molecule has 0 unspecified atom stereocenters. The molecule has 0 N–H and O–H groups in total. The predicted molar refractivity (Wildman–Crippen MR) is 111 cm³/mol. The summed E-state index contributed by atoms with van der Waals surface area (Å²) >= 11 is 7.47. The van der Waals surface area contributed by atoms with Gasteiger partial charge in [0.05, 0.1) is 43.2 Å². The summed E-state index contributed by atoms with van der Waals surface area (Å²) in [5.74, 6) is 1.31. The third-order valence-corrected chi connectivity index (χ3v) is 5.45. The number of hydrogen-bond acceptors (Lipinski definition) is 6. The molecular formula is C20H21ClN2O4S. The Labute approximate surface area is 172 Å². The Bertz CT molecular complexity index is 990. The van der Waals surface area contributed by atoms with Crippen LogP contribution in [0.4, 0.5) is 0 Å². The van der Waals surface area contributed by atoms with E-state index in [9.17, 15) is 4.79 Å². The number of carbonyl (C=O) groups excluding carboxylic acids is 1. The lowest BCUT2D eigenvalue weighted by atomic mass is 10.1. The number of rotatable bonds is 9. The Kier molecular flexibility index (Phi) is 6.83. The fourth-order valence-electron chi connectivity index (χ4n) is 2.83. The second-order valence-corrected chi connectivity index (χ2v) is 7.33. The molecule has 0 fully saturated rings. The largest absolute Gasteiger partial charge is 0.497 e. The third-order valence-electron chi connectivity index (χ3n) is 4.24. The highest BCUT2D eigenvalue weighted by molar-refractivity contribution is 7.99. The van der Waals surface area contributed by atoms with Crippen molar-refractivity contribution in [1.29, 1.82) is 0 Å². The SMILES string of the molecule is COCCn1c(SCC(=O)c2ccc(OC)cc2OC)nc2cc(Cl)ccc21. The molecule has 3 aromatic rings. The summed E-state index contributed by atoms with van der Waals surface area (Å²) in [4.78, 5) is 17.4. The summed E-state index contributed by atoms with van der Waals surface area (Å²) in [7, 11) is 4.76. The van der Waals surface area contributed by atoms with Crippen LogP contribution >= 0.6 is 23.4 Å². The van der Waals surface area contributed by atoms with Gasteiger partial charge in [-0.15, -0.1) is 0 Å². The average molecular weight is 421 g/mol. The first-order valence-corrected chi connectivity index (χ1v) is 9.96. The van der Waals surface area contributed by atoms with Crippen molar-refractivity contribution in [2.75, 3.05) is 33.7 Å². The molecule has 28 heavy (non-hydrogen) atoms. The van der Waals surface area contributed by atoms with Gasteiger partial charge in [0.25, 0.3) is 0 Å². The highest BCUT2D eigenvalue weighted by atomic mass is 35.5. The molecule has 1 heterocycles. The van der Waals surface area contributed by atoms with Crippen LogP contribution in [0.5, 0.6) is 11.5 Å². The lowest BCUT2D eigenvalue weighted by molar-refractivity contribution is 0.101. The van der Waals surface area contributed by atoms with E-state index < -0.39 is 0 Å². The molecule has 0 aliphatic heterocycles. The van der Waals surface area contributed by atoms with Gasteiger partial charge >= 0.3 is 0 Å². The van der Waals surface area contributed by atoms with Gasteiger partial charge in [-0.3, -0.25) is 4.79 Å². The predicted octanol–water partition coefficient (Wildman–Crippen LogP) is 4.33. The molecule has 6 nitrogen and oxygen atoms in total. The first-order chi connectivity index (χ1) is 13.6. The maximum absolute atomic E-state index is 12.8. The molecule has 0 radical (unpaired) electrons. The van der Waals surface area contributed by atoms with Crippen molar-refractivity contribution >= 4 is 40.2 Å². The number of Topliss-reactive ketones (excluding diaryl/α,β-unsaturated/α-hetero) is 1. The number of methoxy groups -OCH3 is 3. The number of thioether (sulfide) groups is 1. The van der Waals surface area contributed by atoms with Crippen LogP contribution in [-0.4, -0.2) is 49.0 Å². The summed E-state index contributed by atoms with van der Waals surface area (Å²) in [6.07, 6.45) is 0. The van der Waals surface area contributed by atoms with Gasteiger partial charge in [-0.1, -0.05) is 23.4 Å². The van der Waals surface area contributed by atoms with Crippen molar-refractivity contribution in [2.24, 2.45) is 0 Å². The number of halogens is 1. The molecule has 0 spiro atoms. The zero-order chi connectivity index (χ0) is 20.1. The van der Waals surface area contributed by atoms with Gasteiger partial charge in [0.1, 0.15) is 11.5 Å². The van der Waals surface area contributed by atoms with Gasteiger partial charge in [-0.05, 0) is 30.3 Å². The topological polar surface area (TPSA) is 62.6 Å². The molecular weight excluding hydrogens is 400 g/mol. The summed E-state index contributed by atoms with van der Waals surface area (Å²) in [6.45, 7) is 1.18. The van der Waals surface area contributed by atoms with E-state index in [1.54, 1.807) is 32.4 Å². The molecule has 0 saturated carbocycles. The quantitative estimate of drug-likeness (QED) is 0.379. The van der Waals surface area contributed by atoms with Gasteiger partial charge in [0, 0.05) is 24.7 Å². The Hall–Kier alpha value is -2.22.